The molecule has 1 atom stereocenters. The summed E-state index contributed by atoms with van der Waals surface area (Å²) in [6.07, 6.45) is 0.654. The van der Waals surface area contributed by atoms with Gasteiger partial charge in [0, 0.05) is 18.2 Å². The number of rotatable bonds is 5. The van der Waals surface area contributed by atoms with Gasteiger partial charge in [0.1, 0.15) is 12.6 Å². The highest BCUT2D eigenvalue weighted by molar-refractivity contribution is 5.90. The van der Waals surface area contributed by atoms with E-state index in [1.807, 2.05) is 38.1 Å². The predicted octanol–water partition coefficient (Wildman–Crippen LogP) is 1.82. The summed E-state index contributed by atoms with van der Waals surface area (Å²) in [6.45, 7) is 5.89. The van der Waals surface area contributed by atoms with E-state index < -0.39 is 0 Å². The van der Waals surface area contributed by atoms with Gasteiger partial charge in [0.05, 0.1) is 6.61 Å². The molecule has 5 heteroatoms. The standard InChI is InChI=1S/C16H22N2O3/c1-4-21-15(19)10-18(11(2)3)16(20)14-9-12-7-5-6-8-13(12)17-14/h5-8,11,14,17H,4,9-10H2,1-3H3/t14-/m0/s1. The molecule has 0 spiro atoms. The maximum Gasteiger partial charge on any atom is 0.325 e. The molecular weight excluding hydrogens is 268 g/mol. The zero-order valence-corrected chi connectivity index (χ0v) is 12.8. The van der Waals surface area contributed by atoms with Crippen molar-refractivity contribution in [1.82, 2.24) is 4.90 Å². The van der Waals surface area contributed by atoms with E-state index in [9.17, 15) is 9.59 Å². The number of ether oxygens (including phenoxy) is 1. The van der Waals surface area contributed by atoms with E-state index in [1.54, 1.807) is 11.8 Å². The predicted molar refractivity (Wildman–Crippen MR) is 81.0 cm³/mol. The van der Waals surface area contributed by atoms with Crippen molar-refractivity contribution in [2.75, 3.05) is 18.5 Å². The van der Waals surface area contributed by atoms with Gasteiger partial charge in [-0.15, -0.1) is 0 Å². The average molecular weight is 290 g/mol. The number of carbonyl (C=O) groups is 2. The highest BCUT2D eigenvalue weighted by Crippen LogP contribution is 2.26. The molecule has 1 aliphatic rings. The SMILES string of the molecule is CCOC(=O)CN(C(=O)[C@@H]1Cc2ccccc2N1)C(C)C. The summed E-state index contributed by atoms with van der Waals surface area (Å²) < 4.78 is 4.94. The molecule has 0 saturated heterocycles. The number of nitrogens with zero attached hydrogens (tertiary/aromatic N) is 1. The Bertz CT molecular complexity index is 503. The van der Waals surface area contributed by atoms with Gasteiger partial charge >= 0.3 is 5.97 Å². The van der Waals surface area contributed by atoms with Crippen molar-refractivity contribution >= 4 is 17.6 Å². The molecule has 1 N–H and O–H groups in total. The minimum atomic E-state index is -0.366. The van der Waals surface area contributed by atoms with Gasteiger partial charge in [0.25, 0.3) is 0 Å². The van der Waals surface area contributed by atoms with Crippen LogP contribution in [0, 0.1) is 0 Å². The van der Waals surface area contributed by atoms with Gasteiger partial charge in [0.2, 0.25) is 5.91 Å². The first-order valence-corrected chi connectivity index (χ1v) is 7.33. The maximum absolute atomic E-state index is 12.7. The van der Waals surface area contributed by atoms with Gasteiger partial charge in [-0.05, 0) is 32.4 Å². The lowest BCUT2D eigenvalue weighted by atomic mass is 10.1. The number of para-hydroxylation sites is 1. The van der Waals surface area contributed by atoms with Crippen molar-refractivity contribution in [1.29, 1.82) is 0 Å². The zero-order valence-electron chi connectivity index (χ0n) is 12.8. The minimum absolute atomic E-state index is 0.00113. The van der Waals surface area contributed by atoms with E-state index in [1.165, 1.54) is 0 Å². The molecule has 0 unspecified atom stereocenters. The summed E-state index contributed by atoms with van der Waals surface area (Å²) in [5.41, 5.74) is 2.13. The Labute approximate surface area is 125 Å². The number of carbonyl (C=O) groups excluding carboxylic acids is 2. The average Bonchev–Trinajstić information content (AvgIpc) is 2.88. The molecule has 21 heavy (non-hydrogen) atoms. The van der Waals surface area contributed by atoms with Gasteiger partial charge < -0.3 is 15.0 Å². The van der Waals surface area contributed by atoms with Crippen LogP contribution >= 0.6 is 0 Å². The van der Waals surface area contributed by atoms with Gasteiger partial charge in [-0.3, -0.25) is 9.59 Å². The molecular formula is C16H22N2O3. The molecule has 1 aromatic carbocycles. The Morgan fingerprint density at radius 1 is 1.38 bits per heavy atom. The second-order valence-electron chi connectivity index (χ2n) is 5.42. The lowest BCUT2D eigenvalue weighted by molar-refractivity contribution is -0.150. The van der Waals surface area contributed by atoms with E-state index in [-0.39, 0.29) is 30.5 Å². The number of amides is 1. The fourth-order valence-electron chi connectivity index (χ4n) is 2.51. The van der Waals surface area contributed by atoms with E-state index in [2.05, 4.69) is 5.32 Å². The Morgan fingerprint density at radius 3 is 2.71 bits per heavy atom. The fourth-order valence-corrected chi connectivity index (χ4v) is 2.51. The lowest BCUT2D eigenvalue weighted by Gasteiger charge is -2.28. The summed E-state index contributed by atoms with van der Waals surface area (Å²) in [6, 6.07) is 7.53. The number of hydrogen-bond acceptors (Lipinski definition) is 4. The van der Waals surface area contributed by atoms with Crippen LogP contribution in [0.1, 0.15) is 26.3 Å². The fraction of sp³-hybridized carbons (Fsp3) is 0.500. The first-order chi connectivity index (χ1) is 10.0. The van der Waals surface area contributed by atoms with Crippen LogP contribution in [-0.4, -0.2) is 42.0 Å². The molecule has 1 amide bonds. The first-order valence-electron chi connectivity index (χ1n) is 7.33. The third-order valence-corrected chi connectivity index (χ3v) is 3.58. The lowest BCUT2D eigenvalue weighted by Crippen LogP contribution is -2.48. The monoisotopic (exact) mass is 290 g/mol. The van der Waals surface area contributed by atoms with E-state index in [4.69, 9.17) is 4.74 Å². The second kappa shape index (κ2) is 6.61. The normalized spacial score (nSPS) is 16.3. The summed E-state index contributed by atoms with van der Waals surface area (Å²) in [5.74, 6) is -0.427. The molecule has 0 aromatic heterocycles. The van der Waals surface area contributed by atoms with E-state index in [0.29, 0.717) is 13.0 Å². The van der Waals surface area contributed by atoms with Crippen molar-refractivity contribution in [3.05, 3.63) is 29.8 Å². The molecule has 5 nitrogen and oxygen atoms in total. The number of hydrogen-bond donors (Lipinski definition) is 1. The van der Waals surface area contributed by atoms with Gasteiger partial charge in [-0.1, -0.05) is 18.2 Å². The van der Waals surface area contributed by atoms with Crippen LogP contribution in [-0.2, 0) is 20.7 Å². The molecule has 0 fully saturated rings. The van der Waals surface area contributed by atoms with Crippen molar-refractivity contribution in [2.24, 2.45) is 0 Å². The number of fused-ring (bicyclic) bond motifs is 1. The Balaban J connectivity index is 2.05. The third-order valence-electron chi connectivity index (χ3n) is 3.58. The molecule has 114 valence electrons. The summed E-state index contributed by atoms with van der Waals surface area (Å²) >= 11 is 0. The molecule has 0 radical (unpaired) electrons. The highest BCUT2D eigenvalue weighted by atomic mass is 16.5. The van der Waals surface area contributed by atoms with Crippen LogP contribution in [0.25, 0.3) is 0 Å². The zero-order chi connectivity index (χ0) is 15.4. The summed E-state index contributed by atoms with van der Waals surface area (Å²) in [5, 5.41) is 3.23. The quantitative estimate of drug-likeness (QED) is 0.840. The van der Waals surface area contributed by atoms with Crippen LogP contribution in [0.2, 0.25) is 0 Å². The Morgan fingerprint density at radius 2 is 2.10 bits per heavy atom. The molecule has 2 rings (SSSR count). The molecule has 0 aliphatic carbocycles. The molecule has 1 aromatic rings. The van der Waals surface area contributed by atoms with E-state index in [0.717, 1.165) is 11.3 Å². The van der Waals surface area contributed by atoms with E-state index >= 15 is 0 Å². The smallest absolute Gasteiger partial charge is 0.325 e. The molecule has 1 heterocycles. The Hall–Kier alpha value is -2.04. The van der Waals surface area contributed by atoms with Crippen LogP contribution in [0.5, 0.6) is 0 Å². The maximum atomic E-state index is 12.7. The highest BCUT2D eigenvalue weighted by Gasteiger charge is 2.32. The largest absolute Gasteiger partial charge is 0.465 e. The minimum Gasteiger partial charge on any atom is -0.465 e. The van der Waals surface area contributed by atoms with Gasteiger partial charge in [-0.25, -0.2) is 0 Å². The first kappa shape index (κ1) is 15.4. The van der Waals surface area contributed by atoms with Crippen molar-refractivity contribution < 1.29 is 14.3 Å². The van der Waals surface area contributed by atoms with Crippen molar-refractivity contribution in [2.45, 2.75) is 39.3 Å². The van der Waals surface area contributed by atoms with Crippen LogP contribution in [0.3, 0.4) is 0 Å². The van der Waals surface area contributed by atoms with Crippen molar-refractivity contribution in [3.63, 3.8) is 0 Å². The van der Waals surface area contributed by atoms with Crippen LogP contribution in [0.4, 0.5) is 5.69 Å². The van der Waals surface area contributed by atoms with Crippen molar-refractivity contribution in [3.8, 4) is 0 Å². The molecule has 1 aliphatic heterocycles. The van der Waals surface area contributed by atoms with Gasteiger partial charge in [0.15, 0.2) is 0 Å². The summed E-state index contributed by atoms with van der Waals surface area (Å²) in [7, 11) is 0. The summed E-state index contributed by atoms with van der Waals surface area (Å²) in [4.78, 5) is 25.9. The Kier molecular flexibility index (Phi) is 4.83. The van der Waals surface area contributed by atoms with Crippen LogP contribution < -0.4 is 5.32 Å². The van der Waals surface area contributed by atoms with Gasteiger partial charge in [-0.2, -0.15) is 0 Å². The third kappa shape index (κ3) is 3.54. The molecule has 0 bridgehead atoms. The second-order valence-corrected chi connectivity index (χ2v) is 5.42. The number of nitrogens with one attached hydrogen (secondary N) is 1. The number of benzene rings is 1. The molecule has 0 saturated carbocycles. The number of esters is 1. The topological polar surface area (TPSA) is 58.6 Å². The number of anilines is 1. The van der Waals surface area contributed by atoms with Crippen LogP contribution in [0.15, 0.2) is 24.3 Å².